The molecule has 6 nitrogen and oxygen atoms in total. The molecule has 4 rings (SSSR count). The van der Waals surface area contributed by atoms with E-state index in [9.17, 15) is 14.0 Å². The molecule has 2 amide bonds. The Hall–Kier alpha value is -4.00. The third-order valence-corrected chi connectivity index (χ3v) is 5.81. The number of hydrogen-bond acceptors (Lipinski definition) is 4. The number of halogens is 1. The molecule has 1 N–H and O–H groups in total. The van der Waals surface area contributed by atoms with E-state index in [0.29, 0.717) is 19.4 Å². The first-order valence-electron chi connectivity index (χ1n) is 11.1. The van der Waals surface area contributed by atoms with Crippen molar-refractivity contribution in [2.24, 2.45) is 0 Å². The van der Waals surface area contributed by atoms with Gasteiger partial charge in [0.05, 0.1) is 13.2 Å². The summed E-state index contributed by atoms with van der Waals surface area (Å²) in [5.41, 5.74) is 1.92. The molecule has 1 aromatic heterocycles. The van der Waals surface area contributed by atoms with Crippen LogP contribution in [-0.2, 0) is 11.2 Å². The second-order valence-corrected chi connectivity index (χ2v) is 8.10. The topological polar surface area (TPSA) is 71.5 Å². The number of aromatic nitrogens is 1. The summed E-state index contributed by atoms with van der Waals surface area (Å²) >= 11 is 0. The van der Waals surface area contributed by atoms with Gasteiger partial charge in [0, 0.05) is 37.0 Å². The Labute approximate surface area is 198 Å². The quantitative estimate of drug-likeness (QED) is 0.540. The lowest BCUT2D eigenvalue weighted by Crippen LogP contribution is -2.51. The summed E-state index contributed by atoms with van der Waals surface area (Å²) in [6, 6.07) is 16.0. The summed E-state index contributed by atoms with van der Waals surface area (Å²) < 4.78 is 19.1. The molecule has 2 aromatic carbocycles. The molecule has 2 atom stereocenters. The van der Waals surface area contributed by atoms with Crippen LogP contribution in [0.5, 0.6) is 5.75 Å². The maximum Gasteiger partial charge on any atom is 0.252 e. The van der Waals surface area contributed by atoms with E-state index < -0.39 is 17.8 Å². The minimum absolute atomic E-state index is 0.0880. The predicted molar refractivity (Wildman–Crippen MR) is 127 cm³/mol. The van der Waals surface area contributed by atoms with Gasteiger partial charge in [0.25, 0.3) is 5.91 Å². The summed E-state index contributed by atoms with van der Waals surface area (Å²) in [5, 5.41) is 2.84. The van der Waals surface area contributed by atoms with E-state index in [2.05, 4.69) is 10.3 Å². The highest BCUT2D eigenvalue weighted by Crippen LogP contribution is 2.28. The number of methoxy groups -OCH3 is 1. The lowest BCUT2D eigenvalue weighted by molar-refractivity contribution is -0.135. The molecule has 0 spiro atoms. The second-order valence-electron chi connectivity index (χ2n) is 8.10. The Balaban J connectivity index is 1.62. The first-order valence-corrected chi connectivity index (χ1v) is 11.1. The molecule has 2 unspecified atom stereocenters. The molecular weight excluding hydrogens is 433 g/mol. The van der Waals surface area contributed by atoms with Crippen molar-refractivity contribution in [1.29, 1.82) is 0 Å². The fourth-order valence-corrected chi connectivity index (χ4v) is 4.10. The van der Waals surface area contributed by atoms with Crippen molar-refractivity contribution in [3.05, 3.63) is 108 Å². The predicted octanol–water partition coefficient (Wildman–Crippen LogP) is 4.10. The molecular formula is C27H26FN3O3. The first-order chi connectivity index (χ1) is 16.5. The number of nitrogens with zero attached hydrogens (tertiary/aromatic N) is 2. The van der Waals surface area contributed by atoms with Gasteiger partial charge in [-0.25, -0.2) is 4.39 Å². The fraction of sp³-hybridized carbons (Fsp3) is 0.222. The van der Waals surface area contributed by atoms with Gasteiger partial charge in [-0.3, -0.25) is 14.6 Å². The van der Waals surface area contributed by atoms with Gasteiger partial charge in [0.2, 0.25) is 5.91 Å². The Bertz CT molecular complexity index is 1170. The fourth-order valence-electron chi connectivity index (χ4n) is 4.10. The highest BCUT2D eigenvalue weighted by Gasteiger charge is 2.32. The normalized spacial score (nSPS) is 16.1. The van der Waals surface area contributed by atoms with E-state index in [0.717, 1.165) is 17.2 Å². The van der Waals surface area contributed by atoms with Gasteiger partial charge < -0.3 is 15.0 Å². The first kappa shape index (κ1) is 23.2. The van der Waals surface area contributed by atoms with Crippen LogP contribution in [0.2, 0.25) is 0 Å². The van der Waals surface area contributed by atoms with Crippen LogP contribution >= 0.6 is 0 Å². The smallest absolute Gasteiger partial charge is 0.252 e. The summed E-state index contributed by atoms with van der Waals surface area (Å²) in [6.07, 6.45) is 8.41. The number of ether oxygens (including phenoxy) is 1. The number of nitrogens with one attached hydrogen (secondary N) is 1. The number of hydrogen-bond donors (Lipinski definition) is 1. The number of carbonyl (C=O) groups is 2. The average molecular weight is 460 g/mol. The monoisotopic (exact) mass is 459 g/mol. The SMILES string of the molecule is COc1cc(F)cc(C(=O)NC(Cc2ccccc2)C(=O)N2CC=CCC2c2cccnc2)c1. The molecule has 174 valence electrons. The molecule has 0 fully saturated rings. The van der Waals surface area contributed by atoms with Crippen LogP contribution in [0.4, 0.5) is 4.39 Å². The van der Waals surface area contributed by atoms with Crippen LogP contribution in [0.25, 0.3) is 0 Å². The molecule has 34 heavy (non-hydrogen) atoms. The summed E-state index contributed by atoms with van der Waals surface area (Å²) in [7, 11) is 1.40. The van der Waals surface area contributed by atoms with Crippen LogP contribution in [0, 0.1) is 5.82 Å². The number of amides is 2. The van der Waals surface area contributed by atoms with Crippen LogP contribution in [0.1, 0.15) is 33.9 Å². The number of benzene rings is 2. The lowest BCUT2D eigenvalue weighted by atomic mass is 9.97. The highest BCUT2D eigenvalue weighted by molar-refractivity contribution is 5.98. The van der Waals surface area contributed by atoms with Gasteiger partial charge >= 0.3 is 0 Å². The van der Waals surface area contributed by atoms with E-state index in [1.54, 1.807) is 17.3 Å². The van der Waals surface area contributed by atoms with Crippen molar-refractivity contribution in [3.63, 3.8) is 0 Å². The van der Waals surface area contributed by atoms with E-state index in [-0.39, 0.29) is 23.3 Å². The minimum atomic E-state index is -0.838. The molecule has 0 aliphatic carbocycles. The van der Waals surface area contributed by atoms with Gasteiger partial charge in [-0.2, -0.15) is 0 Å². The van der Waals surface area contributed by atoms with Crippen molar-refractivity contribution < 1.29 is 18.7 Å². The molecule has 0 radical (unpaired) electrons. The number of carbonyl (C=O) groups excluding carboxylic acids is 2. The van der Waals surface area contributed by atoms with Crippen molar-refractivity contribution in [3.8, 4) is 5.75 Å². The largest absolute Gasteiger partial charge is 0.497 e. The minimum Gasteiger partial charge on any atom is -0.497 e. The van der Waals surface area contributed by atoms with Crippen molar-refractivity contribution in [2.45, 2.75) is 24.9 Å². The summed E-state index contributed by atoms with van der Waals surface area (Å²) in [5.74, 6) is -1.11. The van der Waals surface area contributed by atoms with Gasteiger partial charge in [-0.05, 0) is 35.7 Å². The summed E-state index contributed by atoms with van der Waals surface area (Å²) in [6.45, 7) is 0.424. The van der Waals surface area contributed by atoms with E-state index in [4.69, 9.17) is 4.74 Å². The zero-order chi connectivity index (χ0) is 23.9. The molecule has 1 aliphatic rings. The maximum absolute atomic E-state index is 14.0. The third kappa shape index (κ3) is 5.49. The molecule has 0 saturated carbocycles. The van der Waals surface area contributed by atoms with E-state index in [1.165, 1.54) is 19.2 Å². The van der Waals surface area contributed by atoms with Crippen LogP contribution in [-0.4, -0.2) is 41.4 Å². The van der Waals surface area contributed by atoms with E-state index in [1.807, 2.05) is 54.6 Å². The van der Waals surface area contributed by atoms with Gasteiger partial charge in [-0.1, -0.05) is 48.6 Å². The second kappa shape index (κ2) is 10.7. The number of pyridine rings is 1. The highest BCUT2D eigenvalue weighted by atomic mass is 19.1. The Morgan fingerprint density at radius 3 is 2.71 bits per heavy atom. The van der Waals surface area contributed by atoms with Crippen molar-refractivity contribution >= 4 is 11.8 Å². The molecule has 3 aromatic rings. The molecule has 2 heterocycles. The Morgan fingerprint density at radius 1 is 1.15 bits per heavy atom. The van der Waals surface area contributed by atoms with E-state index >= 15 is 0 Å². The Kier molecular flexibility index (Phi) is 7.32. The van der Waals surface area contributed by atoms with Gasteiger partial charge in [0.15, 0.2) is 0 Å². The number of rotatable bonds is 7. The summed E-state index contributed by atoms with van der Waals surface area (Å²) in [4.78, 5) is 32.8. The van der Waals surface area contributed by atoms with Crippen LogP contribution < -0.4 is 10.1 Å². The lowest BCUT2D eigenvalue weighted by Gasteiger charge is -2.36. The maximum atomic E-state index is 14.0. The van der Waals surface area contributed by atoms with Gasteiger partial charge in [-0.15, -0.1) is 0 Å². The average Bonchev–Trinajstić information content (AvgIpc) is 2.88. The zero-order valence-corrected chi connectivity index (χ0v) is 18.9. The van der Waals surface area contributed by atoms with Crippen molar-refractivity contribution in [2.75, 3.05) is 13.7 Å². The third-order valence-electron chi connectivity index (χ3n) is 5.81. The van der Waals surface area contributed by atoms with Crippen molar-refractivity contribution in [1.82, 2.24) is 15.2 Å². The molecule has 1 aliphatic heterocycles. The Morgan fingerprint density at radius 2 is 1.97 bits per heavy atom. The zero-order valence-electron chi connectivity index (χ0n) is 18.9. The van der Waals surface area contributed by atoms with Gasteiger partial charge in [0.1, 0.15) is 17.6 Å². The van der Waals surface area contributed by atoms with Crippen LogP contribution in [0.15, 0.2) is 85.2 Å². The van der Waals surface area contributed by atoms with Crippen LogP contribution in [0.3, 0.4) is 0 Å². The molecule has 0 bridgehead atoms. The molecule has 7 heteroatoms. The standard InChI is InChI=1S/C27H26FN3O3/c1-34-23-16-21(15-22(28)17-23)26(32)30-24(14-19-8-3-2-4-9-19)27(33)31-13-6-5-11-25(31)20-10-7-12-29-18-20/h2-10,12,15-18,24-25H,11,13-14H2,1H3,(H,30,32). The molecule has 0 saturated heterocycles.